The van der Waals surface area contributed by atoms with Gasteiger partial charge in [0.15, 0.2) is 0 Å². The lowest BCUT2D eigenvalue weighted by Gasteiger charge is -2.26. The van der Waals surface area contributed by atoms with E-state index in [0.29, 0.717) is 40.8 Å². The van der Waals surface area contributed by atoms with Crippen molar-refractivity contribution in [1.82, 2.24) is 14.5 Å². The Morgan fingerprint density at radius 3 is 2.73 bits per heavy atom. The van der Waals surface area contributed by atoms with Gasteiger partial charge in [0, 0.05) is 48.4 Å². The summed E-state index contributed by atoms with van der Waals surface area (Å²) in [7, 11) is 0. The van der Waals surface area contributed by atoms with E-state index < -0.39 is 5.60 Å². The summed E-state index contributed by atoms with van der Waals surface area (Å²) in [5.74, 6) is 1.32. The van der Waals surface area contributed by atoms with Crippen LogP contribution in [0.5, 0.6) is 5.75 Å². The number of benzene rings is 1. The molecule has 1 aliphatic heterocycles. The van der Waals surface area contributed by atoms with Crippen LogP contribution in [0.4, 0.5) is 4.79 Å². The molecule has 1 aromatic carbocycles. The molecule has 8 nitrogen and oxygen atoms in total. The molecule has 0 atom stereocenters. The van der Waals surface area contributed by atoms with Crippen molar-refractivity contribution in [3.8, 4) is 11.4 Å². The van der Waals surface area contributed by atoms with Crippen molar-refractivity contribution in [1.29, 1.82) is 0 Å². The molecule has 0 radical (unpaired) electrons. The van der Waals surface area contributed by atoms with Gasteiger partial charge >= 0.3 is 6.09 Å². The van der Waals surface area contributed by atoms with Crippen LogP contribution in [0.1, 0.15) is 44.2 Å². The third kappa shape index (κ3) is 5.64. The van der Waals surface area contributed by atoms with Crippen molar-refractivity contribution >= 4 is 28.7 Å². The van der Waals surface area contributed by atoms with Gasteiger partial charge in [-0.15, -0.1) is 0 Å². The smallest absolute Gasteiger partial charge is 0.410 e. The summed E-state index contributed by atoms with van der Waals surface area (Å²) in [4.78, 5) is 31.5. The fraction of sp³-hybridized carbons (Fsp3) is 0.321. The summed E-state index contributed by atoms with van der Waals surface area (Å²) in [6.07, 6.45) is 4.41. The number of ether oxygens (including phenoxy) is 2. The number of nitrogens with zero attached hydrogens (tertiary/aromatic N) is 3. The highest BCUT2D eigenvalue weighted by Gasteiger charge is 2.27. The molecule has 4 aromatic rings. The minimum absolute atomic E-state index is 0.227. The Hall–Kier alpha value is -3.78. The summed E-state index contributed by atoms with van der Waals surface area (Å²) < 4.78 is 19.0. The average molecular weight is 522 g/mol. The molecule has 4 heterocycles. The van der Waals surface area contributed by atoms with Crippen LogP contribution in [0, 0.1) is 0 Å². The number of rotatable bonds is 4. The van der Waals surface area contributed by atoms with E-state index in [1.165, 1.54) is 10.6 Å². The molecule has 0 saturated carbocycles. The molecule has 0 bridgehead atoms. The number of aromatic nitrogens is 2. The first-order valence-corrected chi connectivity index (χ1v) is 12.5. The highest BCUT2D eigenvalue weighted by molar-refractivity contribution is 6.30. The van der Waals surface area contributed by atoms with Crippen LogP contribution >= 0.6 is 11.6 Å². The Bertz CT molecular complexity index is 1500. The van der Waals surface area contributed by atoms with Crippen molar-refractivity contribution in [2.75, 3.05) is 6.54 Å². The van der Waals surface area contributed by atoms with Crippen molar-refractivity contribution in [3.05, 3.63) is 87.3 Å². The quantitative estimate of drug-likeness (QED) is 0.332. The second kappa shape index (κ2) is 9.94. The van der Waals surface area contributed by atoms with Crippen molar-refractivity contribution in [2.45, 2.75) is 52.4 Å². The van der Waals surface area contributed by atoms with Gasteiger partial charge in [0.05, 0.1) is 22.9 Å². The van der Waals surface area contributed by atoms with Crippen LogP contribution in [-0.4, -0.2) is 32.7 Å². The largest absolute Gasteiger partial charge is 0.487 e. The Labute approximate surface area is 219 Å². The van der Waals surface area contributed by atoms with Gasteiger partial charge in [-0.25, -0.2) is 4.79 Å². The molecule has 5 rings (SSSR count). The molecule has 37 heavy (non-hydrogen) atoms. The van der Waals surface area contributed by atoms with Gasteiger partial charge in [0.25, 0.3) is 5.56 Å². The first kappa shape index (κ1) is 24.9. The monoisotopic (exact) mass is 521 g/mol. The van der Waals surface area contributed by atoms with E-state index in [1.54, 1.807) is 35.5 Å². The molecule has 0 aliphatic carbocycles. The average Bonchev–Trinajstić information content (AvgIpc) is 3.04. The van der Waals surface area contributed by atoms with E-state index in [9.17, 15) is 9.59 Å². The van der Waals surface area contributed by atoms with E-state index in [1.807, 2.05) is 39.0 Å². The molecule has 0 saturated heterocycles. The molecular weight excluding hydrogens is 494 g/mol. The molecule has 1 amide bonds. The fourth-order valence-electron chi connectivity index (χ4n) is 4.31. The van der Waals surface area contributed by atoms with Crippen LogP contribution in [0.2, 0.25) is 5.02 Å². The summed E-state index contributed by atoms with van der Waals surface area (Å²) in [6.45, 7) is 6.84. The van der Waals surface area contributed by atoms with Gasteiger partial charge in [-0.3, -0.25) is 14.3 Å². The zero-order valence-corrected chi connectivity index (χ0v) is 21.7. The summed E-state index contributed by atoms with van der Waals surface area (Å²) in [5.41, 5.74) is 2.26. The zero-order chi connectivity index (χ0) is 26.2. The SMILES string of the molecule is CC(C)(C)OC(=O)N1CCCc2oc3cc(-n4ccc(OCc5ccc(Cl)cn5)cc4=O)ccc3c2C1. The van der Waals surface area contributed by atoms with E-state index in [2.05, 4.69) is 4.98 Å². The number of carbonyl (C=O) groups excluding carboxylic acids is 1. The summed E-state index contributed by atoms with van der Waals surface area (Å²) >= 11 is 5.86. The number of halogens is 1. The second-order valence-electron chi connectivity index (χ2n) is 10.0. The number of pyridine rings is 2. The summed E-state index contributed by atoms with van der Waals surface area (Å²) in [5, 5.41) is 1.48. The van der Waals surface area contributed by atoms with Gasteiger partial charge in [-0.1, -0.05) is 11.6 Å². The molecule has 0 unspecified atom stereocenters. The maximum Gasteiger partial charge on any atom is 0.410 e. The highest BCUT2D eigenvalue weighted by atomic mass is 35.5. The molecular formula is C28H28ClN3O5. The molecule has 0 spiro atoms. The Kier molecular flexibility index (Phi) is 6.69. The topological polar surface area (TPSA) is 86.8 Å². The fourth-order valence-corrected chi connectivity index (χ4v) is 4.42. The predicted octanol–water partition coefficient (Wildman–Crippen LogP) is 5.89. The van der Waals surface area contributed by atoms with Crippen LogP contribution in [0.15, 0.2) is 64.1 Å². The van der Waals surface area contributed by atoms with Gasteiger partial charge < -0.3 is 18.8 Å². The molecule has 0 N–H and O–H groups in total. The molecule has 3 aromatic heterocycles. The second-order valence-corrected chi connectivity index (χ2v) is 10.5. The lowest BCUT2D eigenvalue weighted by atomic mass is 10.1. The lowest BCUT2D eigenvalue weighted by Crippen LogP contribution is -2.36. The van der Waals surface area contributed by atoms with Crippen molar-refractivity contribution in [3.63, 3.8) is 0 Å². The van der Waals surface area contributed by atoms with Gasteiger partial charge in [-0.2, -0.15) is 0 Å². The number of aryl methyl sites for hydroxylation is 1. The highest BCUT2D eigenvalue weighted by Crippen LogP contribution is 2.32. The van der Waals surface area contributed by atoms with Crippen molar-refractivity contribution < 1.29 is 18.7 Å². The van der Waals surface area contributed by atoms with Crippen LogP contribution in [0.3, 0.4) is 0 Å². The van der Waals surface area contributed by atoms with Gasteiger partial charge in [0.2, 0.25) is 0 Å². The minimum Gasteiger partial charge on any atom is -0.487 e. The molecule has 0 fully saturated rings. The number of hydrogen-bond acceptors (Lipinski definition) is 6. The number of carbonyl (C=O) groups is 1. The third-order valence-electron chi connectivity index (χ3n) is 6.04. The van der Waals surface area contributed by atoms with Gasteiger partial charge in [0.1, 0.15) is 29.3 Å². The maximum absolute atomic E-state index is 12.9. The lowest BCUT2D eigenvalue weighted by molar-refractivity contribution is 0.0237. The first-order valence-electron chi connectivity index (χ1n) is 12.1. The van der Waals surface area contributed by atoms with E-state index >= 15 is 0 Å². The zero-order valence-electron chi connectivity index (χ0n) is 21.0. The normalized spacial score (nSPS) is 13.8. The number of fused-ring (bicyclic) bond motifs is 3. The van der Waals surface area contributed by atoms with Crippen LogP contribution in [-0.2, 0) is 24.3 Å². The van der Waals surface area contributed by atoms with Crippen molar-refractivity contribution in [2.24, 2.45) is 0 Å². The minimum atomic E-state index is -0.555. The Morgan fingerprint density at radius 1 is 1.16 bits per heavy atom. The number of furan rings is 1. The first-order chi connectivity index (χ1) is 17.7. The molecule has 9 heteroatoms. The van der Waals surface area contributed by atoms with E-state index in [0.717, 1.165) is 29.6 Å². The predicted molar refractivity (Wildman–Crippen MR) is 140 cm³/mol. The Balaban J connectivity index is 1.36. The molecule has 1 aliphatic rings. The molecule has 192 valence electrons. The van der Waals surface area contributed by atoms with Crippen LogP contribution < -0.4 is 10.3 Å². The van der Waals surface area contributed by atoms with Crippen LogP contribution in [0.25, 0.3) is 16.7 Å². The number of amides is 1. The Morgan fingerprint density at radius 2 is 2.00 bits per heavy atom. The maximum atomic E-state index is 12.9. The van der Waals surface area contributed by atoms with E-state index in [-0.39, 0.29) is 18.3 Å². The van der Waals surface area contributed by atoms with Gasteiger partial charge in [-0.05, 0) is 57.5 Å². The third-order valence-corrected chi connectivity index (χ3v) is 6.26. The van der Waals surface area contributed by atoms with E-state index in [4.69, 9.17) is 25.5 Å². The number of hydrogen-bond donors (Lipinski definition) is 0. The summed E-state index contributed by atoms with van der Waals surface area (Å²) in [6, 6.07) is 12.4. The standard InChI is InChI=1S/C28H28ClN3O5/c1-28(2,3)37-27(34)31-11-4-5-24-23(16-31)22-9-8-20(13-25(22)36-24)32-12-10-21(14-26(32)33)35-17-19-7-6-18(29)15-30-19/h6-10,12-15H,4-5,11,16-17H2,1-3H3.